The van der Waals surface area contributed by atoms with Crippen LogP contribution in [0.3, 0.4) is 0 Å². The minimum absolute atomic E-state index is 0.0280. The average molecular weight is 430 g/mol. The number of carbonyl (C=O) groups is 1. The van der Waals surface area contributed by atoms with Gasteiger partial charge in [0.05, 0.1) is 17.9 Å². The first-order valence-corrected chi connectivity index (χ1v) is 10.0. The molecule has 1 fully saturated rings. The van der Waals surface area contributed by atoms with E-state index in [4.69, 9.17) is 4.74 Å². The Morgan fingerprint density at radius 3 is 2.65 bits per heavy atom. The number of nitrogens with one attached hydrogen (secondary N) is 1. The summed E-state index contributed by atoms with van der Waals surface area (Å²) >= 11 is 0. The molecule has 2 aromatic carbocycles. The van der Waals surface area contributed by atoms with Crippen LogP contribution in [0.4, 0.5) is 18.9 Å². The van der Waals surface area contributed by atoms with E-state index in [0.29, 0.717) is 18.0 Å². The molecular weight excluding hydrogens is 409 g/mol. The van der Waals surface area contributed by atoms with E-state index in [1.54, 1.807) is 31.2 Å². The molecule has 162 valence electrons. The third-order valence-electron chi connectivity index (χ3n) is 5.14. The van der Waals surface area contributed by atoms with E-state index >= 15 is 0 Å². The maximum Gasteiger partial charge on any atom is 0.416 e. The zero-order valence-corrected chi connectivity index (χ0v) is 16.8. The van der Waals surface area contributed by atoms with Crippen molar-refractivity contribution in [1.29, 1.82) is 0 Å². The number of amides is 1. The Bertz CT molecular complexity index is 1090. The Kier molecular flexibility index (Phi) is 5.67. The number of hydrogen-bond acceptors (Lipinski definition) is 4. The van der Waals surface area contributed by atoms with Gasteiger partial charge < -0.3 is 10.1 Å². The van der Waals surface area contributed by atoms with E-state index in [1.165, 1.54) is 16.8 Å². The van der Waals surface area contributed by atoms with Crippen molar-refractivity contribution >= 4 is 11.6 Å². The third-order valence-corrected chi connectivity index (χ3v) is 5.14. The standard InChI is InChI=1S/C22H21F3N4O2/c1-2-31-21-27-19(15-8-4-9-16(12-15)22(23,24)25)29(28-21)18-11-5-10-17(13-18)26-20(30)14-6-3-7-14/h4-5,8-14H,2-3,6-7H2,1H3,(H,26,30). The molecule has 31 heavy (non-hydrogen) atoms. The van der Waals surface area contributed by atoms with Gasteiger partial charge in [0, 0.05) is 17.2 Å². The molecule has 3 aromatic rings. The van der Waals surface area contributed by atoms with Crippen LogP contribution in [0.2, 0.25) is 0 Å². The van der Waals surface area contributed by atoms with E-state index in [-0.39, 0.29) is 29.2 Å². The molecule has 0 unspecified atom stereocenters. The number of anilines is 1. The molecule has 1 aliphatic carbocycles. The van der Waals surface area contributed by atoms with Crippen LogP contribution in [0.25, 0.3) is 17.1 Å². The largest absolute Gasteiger partial charge is 0.463 e. The van der Waals surface area contributed by atoms with Gasteiger partial charge in [-0.1, -0.05) is 24.6 Å². The molecule has 0 radical (unpaired) electrons. The summed E-state index contributed by atoms with van der Waals surface area (Å²) in [5.41, 5.74) is 0.589. The fourth-order valence-electron chi connectivity index (χ4n) is 3.32. The van der Waals surface area contributed by atoms with Gasteiger partial charge in [0.1, 0.15) is 0 Å². The number of alkyl halides is 3. The lowest BCUT2D eigenvalue weighted by Gasteiger charge is -2.24. The molecule has 0 aliphatic heterocycles. The molecule has 0 spiro atoms. The lowest BCUT2D eigenvalue weighted by molar-refractivity contribution is -0.137. The summed E-state index contributed by atoms with van der Waals surface area (Å²) < 4.78 is 46.4. The first kappa shape index (κ1) is 20.9. The summed E-state index contributed by atoms with van der Waals surface area (Å²) in [4.78, 5) is 16.6. The van der Waals surface area contributed by atoms with Crippen molar-refractivity contribution < 1.29 is 22.7 Å². The minimum atomic E-state index is -4.48. The monoisotopic (exact) mass is 430 g/mol. The summed E-state index contributed by atoms with van der Waals surface area (Å²) in [5, 5.41) is 7.20. The number of halogens is 3. The Morgan fingerprint density at radius 1 is 1.19 bits per heavy atom. The van der Waals surface area contributed by atoms with Crippen molar-refractivity contribution in [3.8, 4) is 23.1 Å². The predicted molar refractivity (Wildman–Crippen MR) is 109 cm³/mol. The molecule has 0 atom stereocenters. The van der Waals surface area contributed by atoms with Crippen molar-refractivity contribution in [2.75, 3.05) is 11.9 Å². The van der Waals surface area contributed by atoms with E-state index in [1.807, 2.05) is 0 Å². The van der Waals surface area contributed by atoms with Crippen LogP contribution >= 0.6 is 0 Å². The lowest BCUT2D eigenvalue weighted by atomic mass is 9.85. The molecule has 4 rings (SSSR count). The predicted octanol–water partition coefficient (Wildman–Crippen LogP) is 5.09. The average Bonchev–Trinajstić information content (AvgIpc) is 3.10. The summed E-state index contributed by atoms with van der Waals surface area (Å²) in [6.45, 7) is 2.07. The number of nitrogens with zero attached hydrogens (tertiary/aromatic N) is 3. The second kappa shape index (κ2) is 8.41. The van der Waals surface area contributed by atoms with Crippen molar-refractivity contribution in [3.63, 3.8) is 0 Å². The van der Waals surface area contributed by atoms with E-state index in [9.17, 15) is 18.0 Å². The van der Waals surface area contributed by atoms with Crippen molar-refractivity contribution in [2.45, 2.75) is 32.4 Å². The van der Waals surface area contributed by atoms with Crippen LogP contribution in [0, 0.1) is 5.92 Å². The van der Waals surface area contributed by atoms with Crippen molar-refractivity contribution in [1.82, 2.24) is 14.8 Å². The number of rotatable bonds is 6. The highest BCUT2D eigenvalue weighted by molar-refractivity contribution is 5.93. The highest BCUT2D eigenvalue weighted by Gasteiger charge is 2.31. The smallest absolute Gasteiger partial charge is 0.416 e. The first-order chi connectivity index (χ1) is 14.8. The number of benzene rings is 2. The first-order valence-electron chi connectivity index (χ1n) is 10.0. The highest BCUT2D eigenvalue weighted by atomic mass is 19.4. The molecule has 1 saturated carbocycles. The minimum Gasteiger partial charge on any atom is -0.463 e. The van der Waals surface area contributed by atoms with Crippen LogP contribution in [-0.2, 0) is 11.0 Å². The summed E-state index contributed by atoms with van der Waals surface area (Å²) in [6.07, 6.45) is -1.66. The molecule has 1 amide bonds. The zero-order chi connectivity index (χ0) is 22.0. The molecule has 0 bridgehead atoms. The van der Waals surface area contributed by atoms with Gasteiger partial charge in [0.2, 0.25) is 5.91 Å². The number of hydrogen-bond donors (Lipinski definition) is 1. The molecule has 0 saturated heterocycles. The third kappa shape index (κ3) is 4.55. The quantitative estimate of drug-likeness (QED) is 0.592. The molecule has 1 aromatic heterocycles. The van der Waals surface area contributed by atoms with Gasteiger partial charge in [-0.05, 0) is 50.1 Å². The van der Waals surface area contributed by atoms with Gasteiger partial charge in [-0.2, -0.15) is 18.2 Å². The Morgan fingerprint density at radius 2 is 1.97 bits per heavy atom. The maximum atomic E-state index is 13.2. The molecule has 6 nitrogen and oxygen atoms in total. The van der Waals surface area contributed by atoms with E-state index in [0.717, 1.165) is 31.4 Å². The van der Waals surface area contributed by atoms with Crippen LogP contribution < -0.4 is 10.1 Å². The van der Waals surface area contributed by atoms with E-state index in [2.05, 4.69) is 15.4 Å². The SMILES string of the molecule is CCOc1nc(-c2cccc(C(F)(F)F)c2)n(-c2cccc(NC(=O)C3CCC3)c2)n1. The van der Waals surface area contributed by atoms with Gasteiger partial charge >= 0.3 is 12.2 Å². The molecule has 1 aliphatic rings. The van der Waals surface area contributed by atoms with Crippen LogP contribution in [0.15, 0.2) is 48.5 Å². The van der Waals surface area contributed by atoms with Crippen LogP contribution in [0.1, 0.15) is 31.7 Å². The Labute approximate surface area is 177 Å². The molecule has 1 N–H and O–H groups in total. The van der Waals surface area contributed by atoms with Gasteiger partial charge in [-0.15, -0.1) is 5.10 Å². The Balaban J connectivity index is 1.72. The van der Waals surface area contributed by atoms with Crippen LogP contribution in [0.5, 0.6) is 6.01 Å². The second-order valence-electron chi connectivity index (χ2n) is 7.31. The highest BCUT2D eigenvalue weighted by Crippen LogP contribution is 2.33. The fraction of sp³-hybridized carbons (Fsp3) is 0.318. The molecular formula is C22H21F3N4O2. The fourth-order valence-corrected chi connectivity index (χ4v) is 3.32. The summed E-state index contributed by atoms with van der Waals surface area (Å²) in [7, 11) is 0. The number of ether oxygens (including phenoxy) is 1. The Hall–Kier alpha value is -3.36. The van der Waals surface area contributed by atoms with Crippen LogP contribution in [-0.4, -0.2) is 27.3 Å². The lowest BCUT2D eigenvalue weighted by Crippen LogP contribution is -2.28. The second-order valence-corrected chi connectivity index (χ2v) is 7.31. The summed E-state index contributed by atoms with van der Waals surface area (Å²) in [6, 6.07) is 11.9. The number of carbonyl (C=O) groups excluding carboxylic acids is 1. The van der Waals surface area contributed by atoms with Gasteiger partial charge in [-0.3, -0.25) is 4.79 Å². The summed E-state index contributed by atoms with van der Waals surface area (Å²) in [5.74, 6) is 0.201. The molecule has 9 heteroatoms. The normalized spacial score (nSPS) is 14.2. The zero-order valence-electron chi connectivity index (χ0n) is 16.8. The molecule has 1 heterocycles. The van der Waals surface area contributed by atoms with Gasteiger partial charge in [0.15, 0.2) is 5.82 Å². The van der Waals surface area contributed by atoms with E-state index < -0.39 is 11.7 Å². The maximum absolute atomic E-state index is 13.2. The van der Waals surface area contributed by atoms with Crippen molar-refractivity contribution in [3.05, 3.63) is 54.1 Å². The van der Waals surface area contributed by atoms with Gasteiger partial charge in [-0.25, -0.2) is 4.68 Å². The topological polar surface area (TPSA) is 69.0 Å². The van der Waals surface area contributed by atoms with Gasteiger partial charge in [0.25, 0.3) is 0 Å². The van der Waals surface area contributed by atoms with Crippen molar-refractivity contribution in [2.24, 2.45) is 5.92 Å². The number of aromatic nitrogens is 3.